The number of hydrogen-bond acceptors (Lipinski definition) is 5. The van der Waals surface area contributed by atoms with Gasteiger partial charge in [0.2, 0.25) is 17.6 Å². The lowest BCUT2D eigenvalue weighted by molar-refractivity contribution is -0.121. The lowest BCUT2D eigenvalue weighted by atomic mass is 10.1. The van der Waals surface area contributed by atoms with Gasteiger partial charge in [-0.15, -0.1) is 0 Å². The minimum Gasteiger partial charge on any atom is -0.347 e. The third-order valence-electron chi connectivity index (χ3n) is 5.44. The minimum absolute atomic E-state index is 0.0402. The standard InChI is InChI=1S/C19H24N4O2/c1-13-4-2-3-5-16(13)19-21-18(25-22-19)11-20-17(24)8-9-23-12-14-6-7-15(23)10-14/h2-5,14-15H,6-12H2,1H3,(H,20,24)/t14-,15+/m1/s1. The Balaban J connectivity index is 1.26. The summed E-state index contributed by atoms with van der Waals surface area (Å²) >= 11 is 0. The molecular weight excluding hydrogens is 316 g/mol. The van der Waals surface area contributed by atoms with Crippen molar-refractivity contribution in [3.8, 4) is 11.4 Å². The van der Waals surface area contributed by atoms with Gasteiger partial charge in [0.1, 0.15) is 0 Å². The van der Waals surface area contributed by atoms with Crippen LogP contribution in [0.1, 0.15) is 37.1 Å². The molecule has 0 spiro atoms. The molecule has 25 heavy (non-hydrogen) atoms. The van der Waals surface area contributed by atoms with Gasteiger partial charge in [0, 0.05) is 31.1 Å². The Bertz CT molecular complexity index is 757. The molecule has 2 fully saturated rings. The van der Waals surface area contributed by atoms with Crippen molar-refractivity contribution in [2.75, 3.05) is 13.1 Å². The van der Waals surface area contributed by atoms with Crippen molar-refractivity contribution < 1.29 is 9.32 Å². The number of carbonyl (C=O) groups excluding carboxylic acids is 1. The average molecular weight is 340 g/mol. The van der Waals surface area contributed by atoms with Gasteiger partial charge in [-0.2, -0.15) is 4.98 Å². The molecule has 1 aromatic heterocycles. The van der Waals surface area contributed by atoms with Crippen LogP contribution in [0.5, 0.6) is 0 Å². The Morgan fingerprint density at radius 2 is 2.24 bits per heavy atom. The molecule has 1 aliphatic carbocycles. The molecule has 1 N–H and O–H groups in total. The van der Waals surface area contributed by atoms with Crippen molar-refractivity contribution in [3.63, 3.8) is 0 Å². The van der Waals surface area contributed by atoms with E-state index in [9.17, 15) is 4.79 Å². The SMILES string of the molecule is Cc1ccccc1-c1noc(CNC(=O)CCN2C[C@@H]3CC[C@H]2C3)n1. The number of likely N-dealkylation sites (tertiary alicyclic amines) is 1. The van der Waals surface area contributed by atoms with Crippen LogP contribution >= 0.6 is 0 Å². The average Bonchev–Trinajstić information content (AvgIpc) is 3.35. The van der Waals surface area contributed by atoms with Crippen LogP contribution in [0.15, 0.2) is 28.8 Å². The summed E-state index contributed by atoms with van der Waals surface area (Å²) in [6.07, 6.45) is 4.52. The van der Waals surface area contributed by atoms with Crippen molar-refractivity contribution >= 4 is 5.91 Å². The number of amides is 1. The lowest BCUT2D eigenvalue weighted by Crippen LogP contribution is -2.35. The molecule has 1 amide bonds. The van der Waals surface area contributed by atoms with E-state index in [2.05, 4.69) is 20.4 Å². The normalized spacial score (nSPS) is 22.4. The van der Waals surface area contributed by atoms with Crippen LogP contribution in [0.4, 0.5) is 0 Å². The molecule has 0 radical (unpaired) electrons. The molecule has 1 saturated heterocycles. The van der Waals surface area contributed by atoms with Gasteiger partial charge in [-0.05, 0) is 37.7 Å². The second-order valence-corrected chi connectivity index (χ2v) is 7.18. The summed E-state index contributed by atoms with van der Waals surface area (Å²) in [6, 6.07) is 8.62. The molecule has 2 heterocycles. The van der Waals surface area contributed by atoms with Gasteiger partial charge in [-0.3, -0.25) is 9.69 Å². The van der Waals surface area contributed by atoms with Gasteiger partial charge in [-0.1, -0.05) is 29.4 Å². The summed E-state index contributed by atoms with van der Waals surface area (Å²) in [4.78, 5) is 18.9. The largest absolute Gasteiger partial charge is 0.347 e. The Hall–Kier alpha value is -2.21. The van der Waals surface area contributed by atoms with Gasteiger partial charge in [0.15, 0.2) is 0 Å². The number of benzene rings is 1. The molecule has 6 nitrogen and oxygen atoms in total. The molecule has 2 bridgehead atoms. The Morgan fingerprint density at radius 3 is 3.00 bits per heavy atom. The number of hydrogen-bond donors (Lipinski definition) is 1. The Labute approximate surface area is 147 Å². The third-order valence-corrected chi connectivity index (χ3v) is 5.44. The lowest BCUT2D eigenvalue weighted by Gasteiger charge is -2.26. The maximum Gasteiger partial charge on any atom is 0.246 e. The number of fused-ring (bicyclic) bond motifs is 2. The van der Waals surface area contributed by atoms with E-state index in [4.69, 9.17) is 4.52 Å². The predicted octanol–water partition coefficient (Wildman–Crippen LogP) is 2.54. The molecule has 6 heteroatoms. The fourth-order valence-corrected chi connectivity index (χ4v) is 4.07. The summed E-state index contributed by atoms with van der Waals surface area (Å²) in [6.45, 7) is 4.31. The van der Waals surface area contributed by atoms with E-state index < -0.39 is 0 Å². The van der Waals surface area contributed by atoms with Crippen molar-refractivity contribution in [1.29, 1.82) is 0 Å². The fourth-order valence-electron chi connectivity index (χ4n) is 4.07. The number of nitrogens with zero attached hydrogens (tertiary/aromatic N) is 3. The summed E-state index contributed by atoms with van der Waals surface area (Å²) in [5.41, 5.74) is 2.05. The van der Waals surface area contributed by atoms with Gasteiger partial charge >= 0.3 is 0 Å². The van der Waals surface area contributed by atoms with Gasteiger partial charge in [0.05, 0.1) is 6.54 Å². The first kappa shape index (κ1) is 16.3. The number of carbonyl (C=O) groups is 1. The number of piperidine rings is 1. The number of aromatic nitrogens is 2. The van der Waals surface area contributed by atoms with E-state index in [1.165, 1.54) is 25.8 Å². The molecule has 1 saturated carbocycles. The summed E-state index contributed by atoms with van der Waals surface area (Å²) in [5, 5.41) is 6.90. The molecule has 1 aromatic carbocycles. The molecule has 0 unspecified atom stereocenters. The number of nitrogens with one attached hydrogen (secondary N) is 1. The van der Waals surface area contributed by atoms with Crippen LogP contribution in [0.3, 0.4) is 0 Å². The van der Waals surface area contributed by atoms with Gasteiger partial charge in [-0.25, -0.2) is 0 Å². The van der Waals surface area contributed by atoms with E-state index in [0.717, 1.165) is 23.6 Å². The minimum atomic E-state index is 0.0402. The van der Waals surface area contributed by atoms with E-state index in [-0.39, 0.29) is 12.5 Å². The van der Waals surface area contributed by atoms with Crippen molar-refractivity contribution in [2.45, 2.75) is 45.2 Å². The molecule has 1 aliphatic heterocycles. The first-order valence-corrected chi connectivity index (χ1v) is 9.08. The number of aryl methyl sites for hydroxylation is 1. The second kappa shape index (κ2) is 6.96. The molecular formula is C19H24N4O2. The van der Waals surface area contributed by atoms with E-state index >= 15 is 0 Å². The van der Waals surface area contributed by atoms with Crippen LogP contribution in [0.25, 0.3) is 11.4 Å². The molecule has 132 valence electrons. The maximum absolute atomic E-state index is 12.1. The highest BCUT2D eigenvalue weighted by Gasteiger charge is 2.37. The summed E-state index contributed by atoms with van der Waals surface area (Å²) in [5.74, 6) is 1.91. The molecule has 2 atom stereocenters. The van der Waals surface area contributed by atoms with Crippen LogP contribution in [0.2, 0.25) is 0 Å². The van der Waals surface area contributed by atoms with Crippen molar-refractivity contribution in [2.24, 2.45) is 5.92 Å². The highest BCUT2D eigenvalue weighted by Crippen LogP contribution is 2.37. The van der Waals surface area contributed by atoms with E-state index in [0.29, 0.717) is 24.2 Å². The maximum atomic E-state index is 12.1. The van der Waals surface area contributed by atoms with Crippen molar-refractivity contribution in [1.82, 2.24) is 20.4 Å². The first-order chi connectivity index (χ1) is 12.2. The zero-order valence-electron chi connectivity index (χ0n) is 14.6. The Kier molecular flexibility index (Phi) is 4.53. The van der Waals surface area contributed by atoms with Crippen LogP contribution < -0.4 is 5.32 Å². The van der Waals surface area contributed by atoms with E-state index in [1.54, 1.807) is 0 Å². The van der Waals surface area contributed by atoms with Gasteiger partial charge < -0.3 is 9.84 Å². The molecule has 2 aromatic rings. The summed E-state index contributed by atoms with van der Waals surface area (Å²) < 4.78 is 5.26. The molecule has 4 rings (SSSR count). The van der Waals surface area contributed by atoms with E-state index in [1.807, 2.05) is 31.2 Å². The zero-order valence-corrected chi connectivity index (χ0v) is 14.6. The highest BCUT2D eigenvalue weighted by atomic mass is 16.5. The fraction of sp³-hybridized carbons (Fsp3) is 0.526. The van der Waals surface area contributed by atoms with Crippen LogP contribution in [0, 0.1) is 12.8 Å². The second-order valence-electron chi connectivity index (χ2n) is 7.18. The quantitative estimate of drug-likeness (QED) is 0.875. The predicted molar refractivity (Wildman–Crippen MR) is 93.6 cm³/mol. The smallest absolute Gasteiger partial charge is 0.246 e. The van der Waals surface area contributed by atoms with Gasteiger partial charge in [0.25, 0.3) is 0 Å². The molecule has 2 aliphatic rings. The number of rotatable bonds is 6. The van der Waals surface area contributed by atoms with Crippen LogP contribution in [-0.2, 0) is 11.3 Å². The third kappa shape index (κ3) is 3.58. The van der Waals surface area contributed by atoms with Crippen LogP contribution in [-0.4, -0.2) is 40.1 Å². The first-order valence-electron chi connectivity index (χ1n) is 9.08. The van der Waals surface area contributed by atoms with Crippen molar-refractivity contribution in [3.05, 3.63) is 35.7 Å². The topological polar surface area (TPSA) is 71.3 Å². The monoisotopic (exact) mass is 340 g/mol. The highest BCUT2D eigenvalue weighted by molar-refractivity contribution is 5.76. The Morgan fingerprint density at radius 1 is 1.36 bits per heavy atom. The zero-order chi connectivity index (χ0) is 17.2. The summed E-state index contributed by atoms with van der Waals surface area (Å²) in [7, 11) is 0.